The van der Waals surface area contributed by atoms with Gasteiger partial charge in [0.2, 0.25) is 0 Å². The first-order chi connectivity index (χ1) is 15.4. The Hall–Kier alpha value is -3.11. The maximum Gasteiger partial charge on any atom is 0.0718 e. The number of rotatable bonds is 2. The minimum absolute atomic E-state index is 0.202. The molecule has 2 aliphatic rings. The van der Waals surface area contributed by atoms with Crippen molar-refractivity contribution in [1.29, 1.82) is 0 Å². The highest BCUT2D eigenvalue weighted by molar-refractivity contribution is 5.93. The lowest BCUT2D eigenvalue weighted by molar-refractivity contribution is 0.603. The van der Waals surface area contributed by atoms with E-state index in [-0.39, 0.29) is 5.41 Å². The van der Waals surface area contributed by atoms with Gasteiger partial charge >= 0.3 is 0 Å². The van der Waals surface area contributed by atoms with Crippen molar-refractivity contribution in [2.75, 3.05) is 0 Å². The summed E-state index contributed by atoms with van der Waals surface area (Å²) in [4.78, 5) is 5.30. The molecule has 1 heteroatoms. The lowest BCUT2D eigenvalue weighted by atomic mass is 9.69. The molecule has 1 aromatic heterocycles. The number of para-hydroxylation sites is 1. The summed E-state index contributed by atoms with van der Waals surface area (Å²) in [5.74, 6) is 7.18. The molecule has 1 heterocycles. The Kier molecular flexibility index (Phi) is 4.86. The maximum absolute atomic E-state index is 5.30. The van der Waals surface area contributed by atoms with Crippen LogP contribution in [0, 0.1) is 11.8 Å². The van der Waals surface area contributed by atoms with Gasteiger partial charge in [0, 0.05) is 21.9 Å². The third-order valence-electron chi connectivity index (χ3n) is 7.23. The number of nitrogens with zero attached hydrogens (tertiary/aromatic N) is 1. The summed E-state index contributed by atoms with van der Waals surface area (Å²) in [5, 5.41) is 3.90. The molecular formula is C31H31N. The molecule has 0 atom stereocenters. The number of aromatic nitrogens is 1. The second-order valence-corrected chi connectivity index (χ2v) is 9.92. The van der Waals surface area contributed by atoms with E-state index in [9.17, 15) is 0 Å². The Morgan fingerprint density at radius 2 is 1.88 bits per heavy atom. The first-order valence-electron chi connectivity index (χ1n) is 11.8. The van der Waals surface area contributed by atoms with E-state index in [1.165, 1.54) is 44.0 Å². The summed E-state index contributed by atoms with van der Waals surface area (Å²) in [6.45, 7) is 13.4. The number of allylic oxidation sites excluding steroid dienone is 2. The van der Waals surface area contributed by atoms with Gasteiger partial charge in [0.05, 0.1) is 11.2 Å². The molecule has 0 bridgehead atoms. The summed E-state index contributed by atoms with van der Waals surface area (Å²) in [5.41, 5.74) is 10.1. The van der Waals surface area contributed by atoms with E-state index in [0.717, 1.165) is 29.3 Å². The second kappa shape index (κ2) is 7.49. The summed E-state index contributed by atoms with van der Waals surface area (Å²) >= 11 is 0. The van der Waals surface area contributed by atoms with Crippen LogP contribution in [0.4, 0.5) is 0 Å². The van der Waals surface area contributed by atoms with Crippen LogP contribution in [0.15, 0.2) is 48.0 Å². The van der Waals surface area contributed by atoms with Crippen LogP contribution in [0.3, 0.4) is 0 Å². The first-order valence-corrected chi connectivity index (χ1v) is 11.8. The van der Waals surface area contributed by atoms with Gasteiger partial charge in [-0.2, -0.15) is 0 Å². The van der Waals surface area contributed by atoms with Crippen LogP contribution in [-0.2, 0) is 5.41 Å². The van der Waals surface area contributed by atoms with E-state index in [0.29, 0.717) is 5.92 Å². The van der Waals surface area contributed by atoms with Gasteiger partial charge in [0.25, 0.3) is 0 Å². The molecule has 0 fully saturated rings. The summed E-state index contributed by atoms with van der Waals surface area (Å²) in [7, 11) is 0. The fourth-order valence-corrected chi connectivity index (χ4v) is 5.36. The van der Waals surface area contributed by atoms with Crippen LogP contribution in [-0.4, -0.2) is 4.98 Å². The van der Waals surface area contributed by atoms with Crippen LogP contribution < -0.4 is 10.4 Å². The normalized spacial score (nSPS) is 15.8. The molecule has 0 saturated carbocycles. The maximum atomic E-state index is 5.30. The molecule has 0 aliphatic heterocycles. The van der Waals surface area contributed by atoms with Crippen LogP contribution in [0.2, 0.25) is 0 Å². The zero-order chi connectivity index (χ0) is 22.6. The fourth-order valence-electron chi connectivity index (χ4n) is 5.36. The van der Waals surface area contributed by atoms with Gasteiger partial charge in [0.1, 0.15) is 0 Å². The van der Waals surface area contributed by atoms with Crippen molar-refractivity contribution in [1.82, 2.24) is 4.98 Å². The van der Waals surface area contributed by atoms with E-state index in [1.807, 2.05) is 6.92 Å². The highest BCUT2D eigenvalue weighted by Crippen LogP contribution is 2.42. The number of benzene rings is 2. The average molecular weight is 418 g/mol. The Morgan fingerprint density at radius 1 is 1.09 bits per heavy atom. The molecule has 0 unspecified atom stereocenters. The molecule has 0 spiro atoms. The number of hydrogen-bond donors (Lipinski definition) is 0. The van der Waals surface area contributed by atoms with Gasteiger partial charge < -0.3 is 0 Å². The Labute approximate surface area is 191 Å². The highest BCUT2D eigenvalue weighted by Gasteiger charge is 2.37. The number of fused-ring (bicyclic) bond motifs is 3. The van der Waals surface area contributed by atoms with Crippen molar-refractivity contribution in [3.8, 4) is 11.8 Å². The fraction of sp³-hybridized carbons (Fsp3) is 0.323. The molecular weight excluding hydrogens is 386 g/mol. The molecule has 5 rings (SSSR count). The quantitative estimate of drug-likeness (QED) is 0.460. The topological polar surface area (TPSA) is 12.9 Å². The summed E-state index contributed by atoms with van der Waals surface area (Å²) in [6.07, 6.45) is 6.69. The molecule has 3 aromatic rings. The molecule has 0 radical (unpaired) electrons. The van der Waals surface area contributed by atoms with Crippen molar-refractivity contribution in [3.63, 3.8) is 0 Å². The molecule has 2 aliphatic carbocycles. The Morgan fingerprint density at radius 3 is 2.59 bits per heavy atom. The van der Waals surface area contributed by atoms with Crippen LogP contribution >= 0.6 is 0 Å². The second-order valence-electron chi connectivity index (χ2n) is 9.92. The van der Waals surface area contributed by atoms with Crippen molar-refractivity contribution in [3.05, 3.63) is 86.4 Å². The lowest BCUT2D eigenvalue weighted by Gasteiger charge is -2.35. The molecule has 0 amide bonds. The Bertz CT molecular complexity index is 1480. The third kappa shape index (κ3) is 2.97. The number of pyridine rings is 1. The predicted octanol–water partition coefficient (Wildman–Crippen LogP) is 6.09. The first kappa shape index (κ1) is 20.8. The van der Waals surface area contributed by atoms with E-state index in [2.05, 4.69) is 95.0 Å². The minimum Gasteiger partial charge on any atom is -0.251 e. The highest BCUT2D eigenvalue weighted by atomic mass is 14.7. The van der Waals surface area contributed by atoms with Crippen LogP contribution in [0.5, 0.6) is 0 Å². The summed E-state index contributed by atoms with van der Waals surface area (Å²) in [6, 6.07) is 13.3. The van der Waals surface area contributed by atoms with Crippen LogP contribution in [0.25, 0.3) is 22.6 Å². The Balaban J connectivity index is 2.05. The minimum atomic E-state index is -0.202. The molecule has 0 saturated heterocycles. The standard InChI is InChI=1S/C31H31N/c1-7-11-24-23-12-9-10-13-27(23)32-30-29(24)25-16-20(8-2)14-15-21-17-22(19(3)4)18-26(28(21)25)31(30,5)6/h9-10,12-15,17-19H,8,16H2,1-6H3. The van der Waals surface area contributed by atoms with E-state index in [4.69, 9.17) is 4.98 Å². The van der Waals surface area contributed by atoms with Crippen molar-refractivity contribution >= 4 is 22.6 Å². The van der Waals surface area contributed by atoms with Crippen LogP contribution in [0.1, 0.15) is 88.2 Å². The van der Waals surface area contributed by atoms with Gasteiger partial charge in [0.15, 0.2) is 0 Å². The lowest BCUT2D eigenvalue weighted by Crippen LogP contribution is -2.43. The largest absolute Gasteiger partial charge is 0.251 e. The van der Waals surface area contributed by atoms with Gasteiger partial charge in [-0.05, 0) is 58.9 Å². The van der Waals surface area contributed by atoms with E-state index < -0.39 is 0 Å². The van der Waals surface area contributed by atoms with Gasteiger partial charge in [-0.1, -0.05) is 88.6 Å². The van der Waals surface area contributed by atoms with Crippen molar-refractivity contribution < 1.29 is 0 Å². The molecule has 1 nitrogen and oxygen atoms in total. The third-order valence-corrected chi connectivity index (χ3v) is 7.23. The molecule has 160 valence electrons. The molecule has 0 N–H and O–H groups in total. The average Bonchev–Trinajstić information content (AvgIpc) is 2.97. The summed E-state index contributed by atoms with van der Waals surface area (Å²) < 4.78 is 0. The smallest absolute Gasteiger partial charge is 0.0718 e. The molecule has 2 aromatic carbocycles. The van der Waals surface area contributed by atoms with E-state index >= 15 is 0 Å². The van der Waals surface area contributed by atoms with Crippen molar-refractivity contribution in [2.45, 2.75) is 65.7 Å². The van der Waals surface area contributed by atoms with E-state index in [1.54, 1.807) is 0 Å². The predicted molar refractivity (Wildman–Crippen MR) is 136 cm³/mol. The van der Waals surface area contributed by atoms with Gasteiger partial charge in [-0.15, -0.1) is 5.92 Å². The molecule has 32 heavy (non-hydrogen) atoms. The number of hydrogen-bond acceptors (Lipinski definition) is 1. The monoisotopic (exact) mass is 417 g/mol. The zero-order valence-corrected chi connectivity index (χ0v) is 20.1. The van der Waals surface area contributed by atoms with Crippen molar-refractivity contribution in [2.24, 2.45) is 0 Å². The van der Waals surface area contributed by atoms with Gasteiger partial charge in [-0.25, -0.2) is 0 Å². The zero-order valence-electron chi connectivity index (χ0n) is 20.1. The SMILES string of the molecule is CC#Cc1c2c(nc3ccccc13)C(C)(C)c1cc(C(C)C)cc3c1=C2CC(CC)=CC=3. The van der Waals surface area contributed by atoms with Gasteiger partial charge in [-0.3, -0.25) is 4.98 Å².